The van der Waals surface area contributed by atoms with Crippen LogP contribution in [0.2, 0.25) is 0 Å². The van der Waals surface area contributed by atoms with Gasteiger partial charge in [0.2, 0.25) is 0 Å². The van der Waals surface area contributed by atoms with Gasteiger partial charge in [0.05, 0.1) is 23.1 Å². The van der Waals surface area contributed by atoms with Crippen LogP contribution in [0.3, 0.4) is 0 Å². The van der Waals surface area contributed by atoms with E-state index < -0.39 is 10.9 Å². The smallest absolute Gasteiger partial charge is 0.336 e. The summed E-state index contributed by atoms with van der Waals surface area (Å²) in [4.78, 5) is 26.7. The molecular formula is C20H13N3O5. The van der Waals surface area contributed by atoms with Gasteiger partial charge >= 0.3 is 5.97 Å². The Balaban J connectivity index is 1.49. The van der Waals surface area contributed by atoms with Crippen LogP contribution in [0.25, 0.3) is 23.0 Å². The lowest BCUT2D eigenvalue weighted by atomic mass is 10.2. The maximum Gasteiger partial charge on any atom is 0.336 e. The van der Waals surface area contributed by atoms with Crippen LogP contribution in [0.15, 0.2) is 77.7 Å². The number of imidazole rings is 1. The number of hydrogen-bond donors (Lipinski definition) is 0. The first kappa shape index (κ1) is 17.2. The zero-order chi connectivity index (χ0) is 19.5. The Morgan fingerprint density at radius 2 is 1.96 bits per heavy atom. The number of rotatable bonds is 5. The second kappa shape index (κ2) is 7.20. The minimum absolute atomic E-state index is 0.0127. The van der Waals surface area contributed by atoms with E-state index in [4.69, 9.17) is 9.15 Å². The van der Waals surface area contributed by atoms with Crippen molar-refractivity contribution in [2.24, 2.45) is 0 Å². The topological polar surface area (TPSA) is 99.9 Å². The number of carbonyl (C=O) groups is 1. The highest BCUT2D eigenvalue weighted by atomic mass is 16.6. The van der Waals surface area contributed by atoms with Crippen LogP contribution < -0.4 is 4.74 Å². The Morgan fingerprint density at radius 3 is 2.68 bits per heavy atom. The summed E-state index contributed by atoms with van der Waals surface area (Å²) < 4.78 is 11.9. The first-order valence-corrected chi connectivity index (χ1v) is 8.25. The van der Waals surface area contributed by atoms with Gasteiger partial charge in [-0.2, -0.15) is 0 Å². The average Bonchev–Trinajstić information content (AvgIpc) is 3.36. The summed E-state index contributed by atoms with van der Waals surface area (Å²) in [5.41, 5.74) is 2.02. The number of nitrogens with zero attached hydrogens (tertiary/aromatic N) is 3. The van der Waals surface area contributed by atoms with Crippen molar-refractivity contribution >= 4 is 23.4 Å². The number of ether oxygens (including phenoxy) is 1. The second-order valence-corrected chi connectivity index (χ2v) is 5.83. The molecule has 138 valence electrons. The van der Waals surface area contributed by atoms with Crippen molar-refractivity contribution in [2.75, 3.05) is 0 Å². The van der Waals surface area contributed by atoms with Crippen molar-refractivity contribution in [2.45, 2.75) is 0 Å². The van der Waals surface area contributed by atoms with Crippen LogP contribution in [-0.4, -0.2) is 20.3 Å². The number of carbonyl (C=O) groups excluding carboxylic acids is 1. The fourth-order valence-electron chi connectivity index (χ4n) is 2.61. The van der Waals surface area contributed by atoms with Gasteiger partial charge in [-0.05, 0) is 48.5 Å². The minimum Gasteiger partial charge on any atom is -0.465 e. The van der Waals surface area contributed by atoms with Gasteiger partial charge in [-0.3, -0.25) is 14.5 Å². The molecule has 0 unspecified atom stereocenters. The number of pyridine rings is 1. The van der Waals surface area contributed by atoms with Crippen LogP contribution in [-0.2, 0) is 4.79 Å². The quantitative estimate of drug-likeness (QED) is 0.171. The largest absolute Gasteiger partial charge is 0.465 e. The molecule has 8 heteroatoms. The highest BCUT2D eigenvalue weighted by Crippen LogP contribution is 2.23. The number of benzene rings is 1. The zero-order valence-electron chi connectivity index (χ0n) is 14.4. The lowest BCUT2D eigenvalue weighted by Crippen LogP contribution is -2.03. The van der Waals surface area contributed by atoms with E-state index in [0.29, 0.717) is 22.9 Å². The van der Waals surface area contributed by atoms with Gasteiger partial charge in [0, 0.05) is 23.9 Å². The highest BCUT2D eigenvalue weighted by molar-refractivity contribution is 5.88. The normalized spacial score (nSPS) is 11.1. The second-order valence-electron chi connectivity index (χ2n) is 5.83. The van der Waals surface area contributed by atoms with Gasteiger partial charge in [0.25, 0.3) is 5.69 Å². The molecule has 0 atom stereocenters. The molecule has 0 amide bonds. The standard InChI is InChI=1S/C20H13N3O5/c24-20(10-8-16-2-1-11-27-16)28-17-6-3-14(4-7-17)18-13-22-12-15(23(25)26)5-9-19(22)21-18/h1-13H/b10-8+. The van der Waals surface area contributed by atoms with E-state index in [9.17, 15) is 14.9 Å². The molecule has 0 saturated heterocycles. The Hall–Kier alpha value is -4.20. The number of aromatic nitrogens is 2. The summed E-state index contributed by atoms with van der Waals surface area (Å²) in [5, 5.41) is 10.9. The van der Waals surface area contributed by atoms with Crippen LogP contribution >= 0.6 is 0 Å². The number of furan rings is 1. The third kappa shape index (κ3) is 3.65. The van der Waals surface area contributed by atoms with E-state index in [2.05, 4.69) is 4.98 Å². The summed E-state index contributed by atoms with van der Waals surface area (Å²) in [6, 6.07) is 13.3. The zero-order valence-corrected chi connectivity index (χ0v) is 14.4. The maximum atomic E-state index is 11.8. The van der Waals surface area contributed by atoms with Gasteiger partial charge in [-0.1, -0.05) is 0 Å². The summed E-state index contributed by atoms with van der Waals surface area (Å²) in [5.74, 6) is 0.417. The average molecular weight is 375 g/mol. The van der Waals surface area contributed by atoms with Crippen molar-refractivity contribution in [3.05, 3.63) is 89.1 Å². The first-order chi connectivity index (χ1) is 13.6. The van der Waals surface area contributed by atoms with E-state index in [-0.39, 0.29) is 5.69 Å². The predicted molar refractivity (Wildman–Crippen MR) is 101 cm³/mol. The molecule has 0 bridgehead atoms. The molecule has 0 fully saturated rings. The van der Waals surface area contributed by atoms with E-state index >= 15 is 0 Å². The molecule has 4 rings (SSSR count). The molecule has 0 aliphatic rings. The van der Waals surface area contributed by atoms with Gasteiger partial charge in [0.15, 0.2) is 0 Å². The summed E-state index contributed by atoms with van der Waals surface area (Å²) in [6.45, 7) is 0. The van der Waals surface area contributed by atoms with E-state index in [0.717, 1.165) is 5.56 Å². The van der Waals surface area contributed by atoms with Crippen molar-refractivity contribution in [3.63, 3.8) is 0 Å². The van der Waals surface area contributed by atoms with Crippen LogP contribution in [0, 0.1) is 10.1 Å². The molecule has 0 aliphatic heterocycles. The number of esters is 1. The summed E-state index contributed by atoms with van der Waals surface area (Å²) in [6.07, 6.45) is 7.43. The molecule has 4 aromatic rings. The number of fused-ring (bicyclic) bond motifs is 1. The number of nitro groups is 1. The molecule has 28 heavy (non-hydrogen) atoms. The van der Waals surface area contributed by atoms with E-state index in [1.54, 1.807) is 53.1 Å². The van der Waals surface area contributed by atoms with Gasteiger partial charge in [-0.25, -0.2) is 9.78 Å². The number of hydrogen-bond acceptors (Lipinski definition) is 6. The van der Waals surface area contributed by atoms with Gasteiger partial charge < -0.3 is 9.15 Å². The monoisotopic (exact) mass is 375 g/mol. The Kier molecular flexibility index (Phi) is 4.43. The van der Waals surface area contributed by atoms with Crippen molar-refractivity contribution in [1.29, 1.82) is 0 Å². The molecule has 0 saturated carbocycles. The van der Waals surface area contributed by atoms with Crippen LogP contribution in [0.5, 0.6) is 5.75 Å². The summed E-state index contributed by atoms with van der Waals surface area (Å²) in [7, 11) is 0. The van der Waals surface area contributed by atoms with Gasteiger partial charge in [0.1, 0.15) is 17.2 Å². The fraction of sp³-hybridized carbons (Fsp3) is 0. The molecule has 3 aromatic heterocycles. The molecule has 8 nitrogen and oxygen atoms in total. The van der Waals surface area contributed by atoms with Crippen molar-refractivity contribution in [3.8, 4) is 17.0 Å². The molecule has 1 aromatic carbocycles. The van der Waals surface area contributed by atoms with Gasteiger partial charge in [-0.15, -0.1) is 0 Å². The minimum atomic E-state index is -0.524. The Morgan fingerprint density at radius 1 is 1.14 bits per heavy atom. The molecule has 0 spiro atoms. The molecule has 3 heterocycles. The van der Waals surface area contributed by atoms with E-state index in [1.165, 1.54) is 30.7 Å². The Labute approximate surface area is 158 Å². The third-order valence-corrected chi connectivity index (χ3v) is 3.94. The maximum absolute atomic E-state index is 11.8. The fourth-order valence-corrected chi connectivity index (χ4v) is 2.61. The van der Waals surface area contributed by atoms with Crippen LogP contribution in [0.4, 0.5) is 5.69 Å². The lowest BCUT2D eigenvalue weighted by Gasteiger charge is -2.02. The van der Waals surface area contributed by atoms with E-state index in [1.807, 2.05) is 0 Å². The summed E-state index contributed by atoms with van der Waals surface area (Å²) >= 11 is 0. The third-order valence-electron chi connectivity index (χ3n) is 3.94. The predicted octanol–water partition coefficient (Wildman–Crippen LogP) is 4.12. The molecule has 0 radical (unpaired) electrons. The van der Waals surface area contributed by atoms with Crippen molar-refractivity contribution in [1.82, 2.24) is 9.38 Å². The lowest BCUT2D eigenvalue weighted by molar-refractivity contribution is -0.385. The Bertz CT molecular complexity index is 1170. The molecule has 0 N–H and O–H groups in total. The molecular weight excluding hydrogens is 362 g/mol. The first-order valence-electron chi connectivity index (χ1n) is 8.25. The van der Waals surface area contributed by atoms with Crippen LogP contribution in [0.1, 0.15) is 5.76 Å². The highest BCUT2D eigenvalue weighted by Gasteiger charge is 2.10. The SMILES string of the molecule is O=C(/C=C/c1ccco1)Oc1ccc(-c2cn3cc([N+](=O)[O-])ccc3n2)cc1. The molecule has 0 aliphatic carbocycles. The van der Waals surface area contributed by atoms with Crippen molar-refractivity contribution < 1.29 is 18.9 Å².